The van der Waals surface area contributed by atoms with Crippen molar-refractivity contribution in [3.63, 3.8) is 0 Å². The topological polar surface area (TPSA) is 61.4 Å². The van der Waals surface area contributed by atoms with Crippen molar-refractivity contribution in [2.75, 3.05) is 19.7 Å². The van der Waals surface area contributed by atoms with Gasteiger partial charge in [0.25, 0.3) is 0 Å². The Kier molecular flexibility index (Phi) is 4.93. The highest BCUT2D eigenvalue weighted by atomic mass is 16.3. The van der Waals surface area contributed by atoms with Crippen LogP contribution in [-0.4, -0.2) is 36.8 Å². The summed E-state index contributed by atoms with van der Waals surface area (Å²) in [5, 5.41) is 15.6. The molecule has 4 heteroatoms. The molecule has 1 amide bonds. The molecule has 3 atom stereocenters. The van der Waals surface area contributed by atoms with E-state index in [2.05, 4.69) is 17.6 Å². The second-order valence-electron chi connectivity index (χ2n) is 5.32. The summed E-state index contributed by atoms with van der Waals surface area (Å²) in [6, 6.07) is 9.71. The van der Waals surface area contributed by atoms with Crippen LogP contribution in [0.25, 0.3) is 0 Å². The Bertz CT molecular complexity index is 408. The Morgan fingerprint density at radius 2 is 2.16 bits per heavy atom. The molecule has 0 bridgehead atoms. The summed E-state index contributed by atoms with van der Waals surface area (Å²) in [5.74, 6) is 0.424. The molecule has 1 aliphatic rings. The lowest BCUT2D eigenvalue weighted by molar-refractivity contribution is -0.126. The highest BCUT2D eigenvalue weighted by Gasteiger charge is 2.30. The van der Waals surface area contributed by atoms with Crippen LogP contribution in [0.1, 0.15) is 12.5 Å². The molecule has 3 N–H and O–H groups in total. The van der Waals surface area contributed by atoms with E-state index in [9.17, 15) is 9.90 Å². The third kappa shape index (κ3) is 3.78. The van der Waals surface area contributed by atoms with Gasteiger partial charge in [-0.3, -0.25) is 4.79 Å². The number of aliphatic hydroxyl groups is 1. The van der Waals surface area contributed by atoms with Gasteiger partial charge in [-0.25, -0.2) is 0 Å². The van der Waals surface area contributed by atoms with E-state index >= 15 is 0 Å². The Labute approximate surface area is 114 Å². The highest BCUT2D eigenvalue weighted by Crippen LogP contribution is 2.16. The number of amides is 1. The van der Waals surface area contributed by atoms with Crippen LogP contribution in [0.3, 0.4) is 0 Å². The highest BCUT2D eigenvalue weighted by molar-refractivity contribution is 5.79. The average Bonchev–Trinajstić information content (AvgIpc) is 2.85. The van der Waals surface area contributed by atoms with Gasteiger partial charge in [0.1, 0.15) is 0 Å². The molecule has 1 heterocycles. The summed E-state index contributed by atoms with van der Waals surface area (Å²) in [4.78, 5) is 12.2. The van der Waals surface area contributed by atoms with Crippen LogP contribution in [-0.2, 0) is 11.2 Å². The first-order valence-electron chi connectivity index (χ1n) is 6.86. The van der Waals surface area contributed by atoms with Gasteiger partial charge >= 0.3 is 0 Å². The predicted molar refractivity (Wildman–Crippen MR) is 74.7 cm³/mol. The molecule has 1 aromatic carbocycles. The Balaban J connectivity index is 1.90. The molecule has 19 heavy (non-hydrogen) atoms. The molecule has 2 unspecified atom stereocenters. The van der Waals surface area contributed by atoms with Crippen molar-refractivity contribution in [2.45, 2.75) is 19.4 Å². The van der Waals surface area contributed by atoms with E-state index in [-0.39, 0.29) is 24.5 Å². The lowest BCUT2D eigenvalue weighted by atomic mass is 9.96. The summed E-state index contributed by atoms with van der Waals surface area (Å²) in [5.41, 5.74) is 1.12. The molecule has 1 saturated heterocycles. The van der Waals surface area contributed by atoms with E-state index < -0.39 is 0 Å². The summed E-state index contributed by atoms with van der Waals surface area (Å²) >= 11 is 0. The molecule has 1 aromatic rings. The van der Waals surface area contributed by atoms with Gasteiger partial charge < -0.3 is 15.7 Å². The lowest BCUT2D eigenvalue weighted by Crippen LogP contribution is -2.44. The molecule has 0 aromatic heterocycles. The van der Waals surface area contributed by atoms with Crippen LogP contribution in [0.15, 0.2) is 30.3 Å². The first kappa shape index (κ1) is 14.0. The first-order valence-corrected chi connectivity index (χ1v) is 6.86. The van der Waals surface area contributed by atoms with Crippen LogP contribution in [0.4, 0.5) is 0 Å². The summed E-state index contributed by atoms with van der Waals surface area (Å²) in [7, 11) is 0. The van der Waals surface area contributed by atoms with Crippen molar-refractivity contribution in [1.82, 2.24) is 10.6 Å². The normalized spacial score (nSPS) is 24.1. The number of carbonyl (C=O) groups excluding carboxylic acids is 1. The van der Waals surface area contributed by atoms with Crippen molar-refractivity contribution >= 4 is 5.91 Å². The van der Waals surface area contributed by atoms with Gasteiger partial charge in [0.2, 0.25) is 5.91 Å². The van der Waals surface area contributed by atoms with Crippen molar-refractivity contribution in [3.05, 3.63) is 35.9 Å². The minimum absolute atomic E-state index is 0.0184. The third-order valence-electron chi connectivity index (χ3n) is 3.75. The minimum Gasteiger partial charge on any atom is -0.394 e. The van der Waals surface area contributed by atoms with Crippen LogP contribution < -0.4 is 10.6 Å². The maximum Gasteiger partial charge on any atom is 0.225 e. The largest absolute Gasteiger partial charge is 0.394 e. The fourth-order valence-corrected chi connectivity index (χ4v) is 2.53. The van der Waals surface area contributed by atoms with E-state index in [4.69, 9.17) is 0 Å². The fourth-order valence-electron chi connectivity index (χ4n) is 2.53. The first-order chi connectivity index (χ1) is 9.20. The van der Waals surface area contributed by atoms with Gasteiger partial charge in [0.05, 0.1) is 18.6 Å². The maximum atomic E-state index is 12.2. The third-order valence-corrected chi connectivity index (χ3v) is 3.75. The quantitative estimate of drug-likeness (QED) is 0.727. The SMILES string of the molecule is CC1CNCC1C(=O)N[C@H](CO)Cc1ccccc1. The van der Waals surface area contributed by atoms with Gasteiger partial charge in [-0.15, -0.1) is 0 Å². The monoisotopic (exact) mass is 262 g/mol. The van der Waals surface area contributed by atoms with Crippen molar-refractivity contribution in [3.8, 4) is 0 Å². The standard InChI is InChI=1S/C15H22N2O2/c1-11-8-16-9-14(11)15(19)17-13(10-18)7-12-5-3-2-4-6-12/h2-6,11,13-14,16,18H,7-10H2,1H3,(H,17,19)/t11?,13-,14?/m0/s1. The van der Waals surface area contributed by atoms with E-state index in [0.717, 1.165) is 18.7 Å². The van der Waals surface area contributed by atoms with Gasteiger partial charge in [-0.2, -0.15) is 0 Å². The molecule has 4 nitrogen and oxygen atoms in total. The molecule has 0 spiro atoms. The number of hydrogen-bond acceptors (Lipinski definition) is 3. The molecule has 0 radical (unpaired) electrons. The van der Waals surface area contributed by atoms with E-state index in [1.807, 2.05) is 30.3 Å². The van der Waals surface area contributed by atoms with Crippen LogP contribution in [0, 0.1) is 11.8 Å². The number of nitrogens with one attached hydrogen (secondary N) is 2. The Morgan fingerprint density at radius 1 is 1.42 bits per heavy atom. The molecule has 104 valence electrons. The molecule has 1 aliphatic heterocycles. The summed E-state index contributed by atoms with van der Waals surface area (Å²) in [6.07, 6.45) is 0.664. The maximum absolute atomic E-state index is 12.2. The van der Waals surface area contributed by atoms with E-state index in [1.54, 1.807) is 0 Å². The minimum atomic E-state index is -0.206. The van der Waals surface area contributed by atoms with Gasteiger partial charge in [0.15, 0.2) is 0 Å². The van der Waals surface area contributed by atoms with Crippen LogP contribution in [0.2, 0.25) is 0 Å². The second-order valence-corrected chi connectivity index (χ2v) is 5.32. The van der Waals surface area contributed by atoms with Crippen molar-refractivity contribution < 1.29 is 9.90 Å². The fraction of sp³-hybridized carbons (Fsp3) is 0.533. The number of aliphatic hydroxyl groups excluding tert-OH is 1. The van der Waals surface area contributed by atoms with Crippen molar-refractivity contribution in [2.24, 2.45) is 11.8 Å². The number of hydrogen-bond donors (Lipinski definition) is 3. The molecule has 0 aliphatic carbocycles. The number of rotatable bonds is 5. The van der Waals surface area contributed by atoms with E-state index in [1.165, 1.54) is 0 Å². The summed E-state index contributed by atoms with van der Waals surface area (Å²) < 4.78 is 0. The van der Waals surface area contributed by atoms with Crippen LogP contribution >= 0.6 is 0 Å². The van der Waals surface area contributed by atoms with Gasteiger partial charge in [0, 0.05) is 6.54 Å². The number of benzene rings is 1. The van der Waals surface area contributed by atoms with Gasteiger partial charge in [-0.05, 0) is 24.4 Å². The predicted octanol–water partition coefficient (Wildman–Crippen LogP) is 0.562. The lowest BCUT2D eigenvalue weighted by Gasteiger charge is -2.20. The smallest absolute Gasteiger partial charge is 0.225 e. The zero-order valence-electron chi connectivity index (χ0n) is 11.3. The van der Waals surface area contributed by atoms with E-state index in [0.29, 0.717) is 12.3 Å². The zero-order chi connectivity index (χ0) is 13.7. The Hall–Kier alpha value is -1.39. The molecule has 0 saturated carbocycles. The zero-order valence-corrected chi connectivity index (χ0v) is 11.3. The van der Waals surface area contributed by atoms with Crippen molar-refractivity contribution in [1.29, 1.82) is 0 Å². The Morgan fingerprint density at radius 3 is 2.74 bits per heavy atom. The molecular weight excluding hydrogens is 240 g/mol. The molecule has 1 fully saturated rings. The van der Waals surface area contributed by atoms with Crippen LogP contribution in [0.5, 0.6) is 0 Å². The second kappa shape index (κ2) is 6.68. The molecular formula is C15H22N2O2. The number of carbonyl (C=O) groups is 1. The average molecular weight is 262 g/mol. The summed E-state index contributed by atoms with van der Waals surface area (Å²) in [6.45, 7) is 3.67. The van der Waals surface area contributed by atoms with Gasteiger partial charge in [-0.1, -0.05) is 37.3 Å². The molecule has 2 rings (SSSR count).